The van der Waals surface area contributed by atoms with Gasteiger partial charge < -0.3 is 4.74 Å². The predicted octanol–water partition coefficient (Wildman–Crippen LogP) is 4.46. The molecule has 1 atom stereocenters. The molecule has 132 valence electrons. The van der Waals surface area contributed by atoms with Crippen molar-refractivity contribution in [3.63, 3.8) is 0 Å². The lowest BCUT2D eigenvalue weighted by Gasteiger charge is -2.24. The summed E-state index contributed by atoms with van der Waals surface area (Å²) in [6.45, 7) is 0. The molecule has 26 heavy (non-hydrogen) atoms. The van der Waals surface area contributed by atoms with Gasteiger partial charge in [-0.25, -0.2) is 4.79 Å². The van der Waals surface area contributed by atoms with Crippen LogP contribution >= 0.6 is 35.6 Å². The van der Waals surface area contributed by atoms with Crippen molar-refractivity contribution < 1.29 is 14.3 Å². The monoisotopic (exact) mass is 403 g/mol. The van der Waals surface area contributed by atoms with Crippen LogP contribution in [0.4, 0.5) is 0 Å². The summed E-state index contributed by atoms with van der Waals surface area (Å²) in [4.78, 5) is 27.1. The molecular formula is C19H14ClNO3S2. The third-order valence-electron chi connectivity index (χ3n) is 3.81. The average Bonchev–Trinajstić information content (AvgIpc) is 2.92. The SMILES string of the molecule is COC(=O)C(c1ccccc1)N1C(=O)/C(=C/c2ccccc2Cl)SC1=S. The molecule has 1 aliphatic rings. The molecule has 1 fully saturated rings. The van der Waals surface area contributed by atoms with Crippen LogP contribution in [0.5, 0.6) is 0 Å². The first-order valence-corrected chi connectivity index (χ1v) is 9.27. The summed E-state index contributed by atoms with van der Waals surface area (Å²) < 4.78 is 5.20. The van der Waals surface area contributed by atoms with E-state index in [4.69, 9.17) is 28.6 Å². The number of rotatable bonds is 4. The van der Waals surface area contributed by atoms with Gasteiger partial charge >= 0.3 is 5.97 Å². The quantitative estimate of drug-likeness (QED) is 0.428. The Hall–Kier alpha value is -2.15. The molecule has 4 nitrogen and oxygen atoms in total. The molecule has 1 unspecified atom stereocenters. The van der Waals surface area contributed by atoms with Crippen molar-refractivity contribution in [3.8, 4) is 0 Å². The highest BCUT2D eigenvalue weighted by Crippen LogP contribution is 2.39. The van der Waals surface area contributed by atoms with Crippen molar-refractivity contribution in [3.05, 3.63) is 75.7 Å². The van der Waals surface area contributed by atoms with Crippen molar-refractivity contribution in [2.75, 3.05) is 7.11 Å². The Balaban J connectivity index is 1.99. The lowest BCUT2D eigenvalue weighted by atomic mass is 10.1. The second kappa shape index (κ2) is 8.03. The van der Waals surface area contributed by atoms with E-state index >= 15 is 0 Å². The molecule has 0 spiro atoms. The van der Waals surface area contributed by atoms with E-state index < -0.39 is 12.0 Å². The van der Waals surface area contributed by atoms with E-state index in [0.29, 0.717) is 25.4 Å². The third kappa shape index (κ3) is 3.67. The van der Waals surface area contributed by atoms with Crippen LogP contribution in [0.15, 0.2) is 59.5 Å². The van der Waals surface area contributed by atoms with E-state index in [0.717, 1.165) is 11.8 Å². The van der Waals surface area contributed by atoms with E-state index in [-0.39, 0.29) is 5.91 Å². The summed E-state index contributed by atoms with van der Waals surface area (Å²) in [5.74, 6) is -0.898. The normalized spacial score (nSPS) is 16.8. The van der Waals surface area contributed by atoms with Gasteiger partial charge in [-0.1, -0.05) is 84.1 Å². The highest BCUT2D eigenvalue weighted by Gasteiger charge is 2.41. The van der Waals surface area contributed by atoms with Crippen LogP contribution in [0.2, 0.25) is 5.02 Å². The number of carbonyl (C=O) groups is 2. The molecule has 0 aromatic heterocycles. The van der Waals surface area contributed by atoms with Crippen LogP contribution < -0.4 is 0 Å². The first kappa shape index (κ1) is 18.6. The number of benzene rings is 2. The second-order valence-corrected chi connectivity index (χ2v) is 7.49. The van der Waals surface area contributed by atoms with Crippen molar-refractivity contribution >= 4 is 57.9 Å². The molecule has 0 bridgehead atoms. The minimum Gasteiger partial charge on any atom is -0.467 e. The topological polar surface area (TPSA) is 46.6 Å². The lowest BCUT2D eigenvalue weighted by Crippen LogP contribution is -2.37. The highest BCUT2D eigenvalue weighted by molar-refractivity contribution is 8.26. The number of halogens is 1. The number of nitrogens with zero attached hydrogens (tertiary/aromatic N) is 1. The fraction of sp³-hybridized carbons (Fsp3) is 0.105. The Kier molecular flexibility index (Phi) is 5.76. The summed E-state index contributed by atoms with van der Waals surface area (Å²) in [6, 6.07) is 15.2. The van der Waals surface area contributed by atoms with E-state index in [1.165, 1.54) is 12.0 Å². The molecule has 7 heteroatoms. The molecular weight excluding hydrogens is 390 g/mol. The fourth-order valence-electron chi connectivity index (χ4n) is 2.57. The van der Waals surface area contributed by atoms with Gasteiger partial charge in [0, 0.05) is 5.02 Å². The largest absolute Gasteiger partial charge is 0.467 e. The van der Waals surface area contributed by atoms with E-state index in [1.54, 1.807) is 36.4 Å². The van der Waals surface area contributed by atoms with Crippen molar-refractivity contribution in [1.82, 2.24) is 4.90 Å². The maximum Gasteiger partial charge on any atom is 0.333 e. The highest BCUT2D eigenvalue weighted by atomic mass is 35.5. The summed E-state index contributed by atoms with van der Waals surface area (Å²) in [7, 11) is 1.29. The molecule has 2 aromatic carbocycles. The Labute approximate surface area is 165 Å². The number of carbonyl (C=O) groups excluding carboxylic acids is 2. The van der Waals surface area contributed by atoms with Crippen LogP contribution in [0, 0.1) is 0 Å². The van der Waals surface area contributed by atoms with Gasteiger partial charge in [0.05, 0.1) is 12.0 Å². The van der Waals surface area contributed by atoms with Crippen molar-refractivity contribution in [1.29, 1.82) is 0 Å². The first-order chi connectivity index (χ1) is 12.5. The predicted molar refractivity (Wildman–Crippen MR) is 108 cm³/mol. The fourth-order valence-corrected chi connectivity index (χ4v) is 4.07. The number of esters is 1. The molecule has 1 heterocycles. The minimum absolute atomic E-state index is 0.299. The number of hydrogen-bond acceptors (Lipinski definition) is 5. The zero-order valence-electron chi connectivity index (χ0n) is 13.7. The Morgan fingerprint density at radius 2 is 1.85 bits per heavy atom. The molecule has 1 amide bonds. The second-order valence-electron chi connectivity index (χ2n) is 5.41. The van der Waals surface area contributed by atoms with Gasteiger partial charge in [0.25, 0.3) is 5.91 Å². The zero-order valence-corrected chi connectivity index (χ0v) is 16.1. The van der Waals surface area contributed by atoms with Crippen molar-refractivity contribution in [2.24, 2.45) is 0 Å². The molecule has 0 N–H and O–H groups in total. The number of ether oxygens (including phenoxy) is 1. The van der Waals surface area contributed by atoms with Crippen LogP contribution in [-0.2, 0) is 14.3 Å². The van der Waals surface area contributed by atoms with Gasteiger partial charge in [0.1, 0.15) is 4.32 Å². The number of thiocarbonyl (C=S) groups is 1. The summed E-state index contributed by atoms with van der Waals surface area (Å²) >= 11 is 12.7. The molecule has 3 rings (SSSR count). The molecule has 0 saturated carbocycles. The minimum atomic E-state index is -0.925. The van der Waals surface area contributed by atoms with Crippen LogP contribution in [-0.4, -0.2) is 28.2 Å². The summed E-state index contributed by atoms with van der Waals surface area (Å²) in [5, 5.41) is 0.533. The Morgan fingerprint density at radius 3 is 2.50 bits per heavy atom. The van der Waals surface area contributed by atoms with E-state index in [1.807, 2.05) is 24.3 Å². The summed E-state index contributed by atoms with van der Waals surface area (Å²) in [6.07, 6.45) is 1.68. The maximum atomic E-state index is 13.0. The van der Waals surface area contributed by atoms with Gasteiger partial charge in [-0.3, -0.25) is 9.69 Å². The number of amides is 1. The van der Waals surface area contributed by atoms with Gasteiger partial charge in [-0.2, -0.15) is 0 Å². The molecule has 0 radical (unpaired) electrons. The number of hydrogen-bond donors (Lipinski definition) is 0. The number of thioether (sulfide) groups is 1. The van der Waals surface area contributed by atoms with E-state index in [9.17, 15) is 9.59 Å². The Morgan fingerprint density at radius 1 is 1.19 bits per heavy atom. The van der Waals surface area contributed by atoms with Crippen molar-refractivity contribution in [2.45, 2.75) is 6.04 Å². The van der Waals surface area contributed by atoms with Crippen LogP contribution in [0.3, 0.4) is 0 Å². The first-order valence-electron chi connectivity index (χ1n) is 7.67. The maximum absolute atomic E-state index is 13.0. The Bertz CT molecular complexity index is 899. The molecule has 1 aliphatic heterocycles. The molecule has 0 aliphatic carbocycles. The number of methoxy groups -OCH3 is 1. The van der Waals surface area contributed by atoms with Gasteiger partial charge in [-0.05, 0) is 23.3 Å². The van der Waals surface area contributed by atoms with Crippen LogP contribution in [0.1, 0.15) is 17.2 Å². The standard InChI is InChI=1S/C19H14ClNO3S2/c1-24-18(23)16(12-7-3-2-4-8-12)21-17(22)15(26-19(21)25)11-13-9-5-6-10-14(13)20/h2-11,16H,1H3/b15-11-. The average molecular weight is 404 g/mol. The van der Waals surface area contributed by atoms with Crippen LogP contribution in [0.25, 0.3) is 6.08 Å². The van der Waals surface area contributed by atoms with Gasteiger partial charge in [0.2, 0.25) is 0 Å². The molecule has 2 aromatic rings. The van der Waals surface area contributed by atoms with E-state index in [2.05, 4.69) is 0 Å². The van der Waals surface area contributed by atoms with Gasteiger partial charge in [0.15, 0.2) is 6.04 Å². The lowest BCUT2D eigenvalue weighted by molar-refractivity contribution is -0.148. The third-order valence-corrected chi connectivity index (χ3v) is 5.49. The summed E-state index contributed by atoms with van der Waals surface area (Å²) in [5.41, 5.74) is 1.35. The smallest absolute Gasteiger partial charge is 0.333 e. The zero-order chi connectivity index (χ0) is 18.7. The molecule has 1 saturated heterocycles. The van der Waals surface area contributed by atoms with Gasteiger partial charge in [-0.15, -0.1) is 0 Å².